The van der Waals surface area contributed by atoms with Crippen molar-refractivity contribution in [2.75, 3.05) is 0 Å². The van der Waals surface area contributed by atoms with E-state index in [9.17, 15) is 0 Å². The van der Waals surface area contributed by atoms with E-state index in [2.05, 4.69) is 55.8 Å². The number of nitrogens with zero attached hydrogens (tertiary/aromatic N) is 1. The van der Waals surface area contributed by atoms with Gasteiger partial charge in [0.25, 0.3) is 0 Å². The van der Waals surface area contributed by atoms with Gasteiger partial charge >= 0.3 is 0 Å². The van der Waals surface area contributed by atoms with Gasteiger partial charge in [0, 0.05) is 18.3 Å². The minimum Gasteiger partial charge on any atom is -0.347 e. The fraction of sp³-hybridized carbons (Fsp3) is 0.429. The second kappa shape index (κ2) is 5.01. The standard InChI is InChI=1S/C12H15N.C2H6/c1-9(2)12-8-10-6-4-5-7-11(10)13(12)3;1-2/h4-9H,1-3H3;1-2H3. The van der Waals surface area contributed by atoms with Crippen molar-refractivity contribution in [1.29, 1.82) is 0 Å². The van der Waals surface area contributed by atoms with E-state index < -0.39 is 0 Å². The average molecular weight is 203 g/mol. The first-order valence-electron chi connectivity index (χ1n) is 5.74. The predicted octanol–water partition coefficient (Wildman–Crippen LogP) is 4.33. The molecule has 0 aliphatic rings. The van der Waals surface area contributed by atoms with Crippen molar-refractivity contribution in [3.05, 3.63) is 36.0 Å². The van der Waals surface area contributed by atoms with Crippen LogP contribution in [0.2, 0.25) is 0 Å². The molecule has 0 saturated heterocycles. The van der Waals surface area contributed by atoms with E-state index in [4.69, 9.17) is 0 Å². The summed E-state index contributed by atoms with van der Waals surface area (Å²) >= 11 is 0. The minimum absolute atomic E-state index is 0.595. The Morgan fingerprint density at radius 3 is 2.20 bits per heavy atom. The molecule has 2 aromatic rings. The zero-order chi connectivity index (χ0) is 11.4. The normalized spacial score (nSPS) is 10.3. The molecule has 0 bridgehead atoms. The van der Waals surface area contributed by atoms with E-state index in [1.165, 1.54) is 16.6 Å². The number of hydrogen-bond donors (Lipinski definition) is 0. The molecule has 2 rings (SSSR count). The summed E-state index contributed by atoms with van der Waals surface area (Å²) in [7, 11) is 2.14. The van der Waals surface area contributed by atoms with Gasteiger partial charge in [-0.15, -0.1) is 0 Å². The van der Waals surface area contributed by atoms with Gasteiger partial charge in [0.05, 0.1) is 0 Å². The molecule has 0 amide bonds. The van der Waals surface area contributed by atoms with Gasteiger partial charge in [-0.05, 0) is 23.4 Å². The molecule has 0 atom stereocenters. The molecule has 1 aromatic heterocycles. The van der Waals surface area contributed by atoms with Gasteiger partial charge in [0.1, 0.15) is 0 Å². The van der Waals surface area contributed by atoms with Crippen molar-refractivity contribution < 1.29 is 0 Å². The summed E-state index contributed by atoms with van der Waals surface area (Å²) in [6, 6.07) is 10.8. The molecule has 0 aliphatic heterocycles. The average Bonchev–Trinajstić information content (AvgIpc) is 2.60. The van der Waals surface area contributed by atoms with E-state index in [1.54, 1.807) is 0 Å². The lowest BCUT2D eigenvalue weighted by Crippen LogP contribution is -1.97. The summed E-state index contributed by atoms with van der Waals surface area (Å²) in [5, 5.41) is 1.34. The van der Waals surface area contributed by atoms with Crippen LogP contribution in [0.15, 0.2) is 30.3 Å². The summed E-state index contributed by atoms with van der Waals surface area (Å²) in [6.45, 7) is 8.46. The van der Waals surface area contributed by atoms with Crippen molar-refractivity contribution in [1.82, 2.24) is 4.57 Å². The quantitative estimate of drug-likeness (QED) is 0.650. The van der Waals surface area contributed by atoms with Crippen LogP contribution in [0.4, 0.5) is 0 Å². The molecule has 82 valence electrons. The second-order valence-corrected chi connectivity index (χ2v) is 3.84. The van der Waals surface area contributed by atoms with Crippen LogP contribution < -0.4 is 0 Å². The summed E-state index contributed by atoms with van der Waals surface area (Å²) < 4.78 is 2.28. The molecule has 15 heavy (non-hydrogen) atoms. The maximum atomic E-state index is 2.28. The first-order valence-corrected chi connectivity index (χ1v) is 5.74. The van der Waals surface area contributed by atoms with Gasteiger partial charge in [0.15, 0.2) is 0 Å². The Kier molecular flexibility index (Phi) is 3.96. The molecule has 0 spiro atoms. The monoisotopic (exact) mass is 203 g/mol. The third-order valence-electron chi connectivity index (χ3n) is 2.58. The highest BCUT2D eigenvalue weighted by Crippen LogP contribution is 2.23. The Labute approximate surface area is 92.7 Å². The Hall–Kier alpha value is -1.24. The molecule has 0 aliphatic carbocycles. The van der Waals surface area contributed by atoms with Crippen LogP contribution in [-0.4, -0.2) is 4.57 Å². The predicted molar refractivity (Wildman–Crippen MR) is 68.4 cm³/mol. The molecule has 0 radical (unpaired) electrons. The van der Waals surface area contributed by atoms with Crippen LogP contribution in [0.3, 0.4) is 0 Å². The molecule has 1 aromatic carbocycles. The van der Waals surface area contributed by atoms with Crippen molar-refractivity contribution in [3.8, 4) is 0 Å². The lowest BCUT2D eigenvalue weighted by Gasteiger charge is -2.06. The molecule has 1 heterocycles. The zero-order valence-corrected chi connectivity index (χ0v) is 10.4. The fourth-order valence-corrected chi connectivity index (χ4v) is 1.86. The van der Waals surface area contributed by atoms with E-state index in [0.29, 0.717) is 5.92 Å². The molecular formula is C14H21N. The maximum Gasteiger partial charge on any atom is 0.0479 e. The summed E-state index contributed by atoms with van der Waals surface area (Å²) in [5.74, 6) is 0.595. The van der Waals surface area contributed by atoms with Gasteiger partial charge in [-0.3, -0.25) is 0 Å². The van der Waals surface area contributed by atoms with Crippen molar-refractivity contribution >= 4 is 10.9 Å². The third-order valence-corrected chi connectivity index (χ3v) is 2.58. The molecular weight excluding hydrogens is 182 g/mol. The molecule has 0 fully saturated rings. The van der Waals surface area contributed by atoms with E-state index in [0.717, 1.165) is 0 Å². The van der Waals surface area contributed by atoms with Gasteiger partial charge in [-0.25, -0.2) is 0 Å². The summed E-state index contributed by atoms with van der Waals surface area (Å²) in [4.78, 5) is 0. The number of fused-ring (bicyclic) bond motifs is 1. The molecule has 0 unspecified atom stereocenters. The molecule has 1 nitrogen and oxygen atoms in total. The van der Waals surface area contributed by atoms with Gasteiger partial charge in [-0.2, -0.15) is 0 Å². The van der Waals surface area contributed by atoms with E-state index >= 15 is 0 Å². The first-order chi connectivity index (χ1) is 7.20. The Balaban J connectivity index is 0.000000531. The van der Waals surface area contributed by atoms with E-state index in [1.807, 2.05) is 13.8 Å². The van der Waals surface area contributed by atoms with Crippen LogP contribution in [0.1, 0.15) is 39.3 Å². The molecule has 1 heteroatoms. The number of rotatable bonds is 1. The van der Waals surface area contributed by atoms with Gasteiger partial charge in [-0.1, -0.05) is 45.9 Å². The number of para-hydroxylation sites is 1. The maximum absolute atomic E-state index is 2.28. The zero-order valence-electron chi connectivity index (χ0n) is 10.4. The van der Waals surface area contributed by atoms with Gasteiger partial charge in [0.2, 0.25) is 0 Å². The number of aryl methyl sites for hydroxylation is 1. The Morgan fingerprint density at radius 1 is 1.07 bits per heavy atom. The number of hydrogen-bond acceptors (Lipinski definition) is 0. The van der Waals surface area contributed by atoms with Crippen molar-refractivity contribution in [2.45, 2.75) is 33.6 Å². The molecule has 0 N–H and O–H groups in total. The number of aromatic nitrogens is 1. The Bertz CT molecular complexity index is 424. The highest BCUT2D eigenvalue weighted by molar-refractivity contribution is 5.81. The van der Waals surface area contributed by atoms with Crippen LogP contribution in [0.5, 0.6) is 0 Å². The lowest BCUT2D eigenvalue weighted by atomic mass is 10.1. The van der Waals surface area contributed by atoms with Crippen LogP contribution >= 0.6 is 0 Å². The number of benzene rings is 1. The van der Waals surface area contributed by atoms with Crippen LogP contribution in [0.25, 0.3) is 10.9 Å². The Morgan fingerprint density at radius 2 is 1.67 bits per heavy atom. The van der Waals surface area contributed by atoms with Gasteiger partial charge < -0.3 is 4.57 Å². The summed E-state index contributed by atoms with van der Waals surface area (Å²) in [5.41, 5.74) is 2.73. The molecule has 0 saturated carbocycles. The SMILES string of the molecule is CC.CC(C)c1cc2ccccc2n1C. The minimum atomic E-state index is 0.595. The van der Waals surface area contributed by atoms with Crippen molar-refractivity contribution in [2.24, 2.45) is 7.05 Å². The third kappa shape index (κ3) is 2.23. The lowest BCUT2D eigenvalue weighted by molar-refractivity contribution is 0.755. The van der Waals surface area contributed by atoms with Crippen LogP contribution in [0, 0.1) is 0 Å². The first kappa shape index (κ1) is 11.8. The second-order valence-electron chi connectivity index (χ2n) is 3.84. The van der Waals surface area contributed by atoms with Crippen LogP contribution in [-0.2, 0) is 7.05 Å². The fourth-order valence-electron chi connectivity index (χ4n) is 1.86. The highest BCUT2D eigenvalue weighted by Gasteiger charge is 2.07. The highest BCUT2D eigenvalue weighted by atomic mass is 14.9. The summed E-state index contributed by atoms with van der Waals surface area (Å²) in [6.07, 6.45) is 0. The topological polar surface area (TPSA) is 4.93 Å². The van der Waals surface area contributed by atoms with E-state index in [-0.39, 0.29) is 0 Å². The van der Waals surface area contributed by atoms with Crippen molar-refractivity contribution in [3.63, 3.8) is 0 Å². The largest absolute Gasteiger partial charge is 0.347 e. The smallest absolute Gasteiger partial charge is 0.0479 e.